The number of carboxylic acid groups (broad SMARTS) is 1. The van der Waals surface area contributed by atoms with Crippen molar-refractivity contribution < 1.29 is 20.1 Å². The maximum absolute atomic E-state index is 10.4. The average Bonchev–Trinajstić information content (AvgIpc) is 2.69. The van der Waals surface area contributed by atoms with Crippen LogP contribution in [0.25, 0.3) is 11.1 Å². The number of aromatic carboxylic acids is 1. The number of carbonyl (C=O) groups is 1. The van der Waals surface area contributed by atoms with Gasteiger partial charge in [0.05, 0.1) is 18.8 Å². The van der Waals surface area contributed by atoms with Crippen LogP contribution in [0.1, 0.15) is 21.5 Å². The number of rotatable bonds is 4. The number of hydrogen-bond acceptors (Lipinski definition) is 3. The minimum absolute atomic E-state index is 0.106. The fourth-order valence-corrected chi connectivity index (χ4v) is 2.24. The van der Waals surface area contributed by atoms with Gasteiger partial charge in [0, 0.05) is 0 Å². The first-order chi connectivity index (χ1) is 12.1. The number of aliphatic hydroxyl groups is 2. The molecule has 0 saturated carbocycles. The highest BCUT2D eigenvalue weighted by atomic mass is 16.4. The lowest BCUT2D eigenvalue weighted by molar-refractivity contribution is 0.0696. The number of carboxylic acids is 1. The summed E-state index contributed by atoms with van der Waals surface area (Å²) in [5.41, 5.74) is 4.16. The van der Waals surface area contributed by atoms with Gasteiger partial charge in [-0.15, -0.1) is 0 Å². The van der Waals surface area contributed by atoms with E-state index in [0.29, 0.717) is 5.56 Å². The molecule has 0 bridgehead atoms. The van der Waals surface area contributed by atoms with E-state index in [2.05, 4.69) is 12.1 Å². The molecule has 0 aliphatic carbocycles. The van der Waals surface area contributed by atoms with Crippen LogP contribution >= 0.6 is 0 Å². The maximum Gasteiger partial charge on any atom is 0.335 e. The second kappa shape index (κ2) is 9.37. The summed E-state index contributed by atoms with van der Waals surface area (Å²) >= 11 is 0. The molecule has 3 rings (SSSR count). The fraction of sp³-hybridized carbons (Fsp3) is 0.0952. The van der Waals surface area contributed by atoms with Gasteiger partial charge in [0.15, 0.2) is 0 Å². The molecule has 0 aliphatic heterocycles. The molecule has 0 heterocycles. The first-order valence-corrected chi connectivity index (χ1v) is 7.82. The van der Waals surface area contributed by atoms with E-state index in [1.807, 2.05) is 42.5 Å². The van der Waals surface area contributed by atoms with Crippen molar-refractivity contribution in [3.63, 3.8) is 0 Å². The molecule has 0 unspecified atom stereocenters. The largest absolute Gasteiger partial charge is 0.478 e. The van der Waals surface area contributed by atoms with Crippen LogP contribution in [-0.4, -0.2) is 21.3 Å². The molecule has 0 aromatic heterocycles. The van der Waals surface area contributed by atoms with Crippen molar-refractivity contribution >= 4 is 5.97 Å². The lowest BCUT2D eigenvalue weighted by Gasteiger charge is -2.01. The topological polar surface area (TPSA) is 77.8 Å². The summed E-state index contributed by atoms with van der Waals surface area (Å²) < 4.78 is 0. The summed E-state index contributed by atoms with van der Waals surface area (Å²) in [4.78, 5) is 10.4. The molecular formula is C21H20O4. The number of benzene rings is 3. The maximum atomic E-state index is 10.4. The lowest BCUT2D eigenvalue weighted by atomic mass is 10.0. The van der Waals surface area contributed by atoms with Crippen molar-refractivity contribution in [2.24, 2.45) is 0 Å². The van der Waals surface area contributed by atoms with Crippen LogP contribution in [0.2, 0.25) is 0 Å². The molecule has 25 heavy (non-hydrogen) atoms. The molecular weight excluding hydrogens is 316 g/mol. The van der Waals surface area contributed by atoms with Gasteiger partial charge in [0.2, 0.25) is 0 Å². The van der Waals surface area contributed by atoms with Crippen molar-refractivity contribution in [2.45, 2.75) is 13.2 Å². The van der Waals surface area contributed by atoms with Crippen molar-refractivity contribution in [1.82, 2.24) is 0 Å². The van der Waals surface area contributed by atoms with Gasteiger partial charge < -0.3 is 15.3 Å². The second-order valence-corrected chi connectivity index (χ2v) is 5.38. The van der Waals surface area contributed by atoms with E-state index in [1.165, 1.54) is 23.3 Å². The van der Waals surface area contributed by atoms with Crippen molar-refractivity contribution in [1.29, 1.82) is 0 Å². The highest BCUT2D eigenvalue weighted by Gasteiger charge is 2.01. The third-order valence-electron chi connectivity index (χ3n) is 3.60. The number of hydrogen-bond donors (Lipinski definition) is 3. The third kappa shape index (κ3) is 5.57. The number of aliphatic hydroxyl groups excluding tert-OH is 2. The molecule has 0 radical (unpaired) electrons. The Hall–Kier alpha value is -2.95. The predicted octanol–water partition coefficient (Wildman–Crippen LogP) is 3.72. The predicted molar refractivity (Wildman–Crippen MR) is 97.1 cm³/mol. The van der Waals surface area contributed by atoms with Crippen LogP contribution < -0.4 is 0 Å². The third-order valence-corrected chi connectivity index (χ3v) is 3.60. The molecule has 0 saturated heterocycles. The average molecular weight is 336 g/mol. The van der Waals surface area contributed by atoms with Gasteiger partial charge in [0.1, 0.15) is 0 Å². The Balaban J connectivity index is 0.000000186. The van der Waals surface area contributed by atoms with Crippen LogP contribution in [0.4, 0.5) is 0 Å². The Morgan fingerprint density at radius 3 is 1.84 bits per heavy atom. The summed E-state index contributed by atoms with van der Waals surface area (Å²) in [5.74, 6) is -0.972. The van der Waals surface area contributed by atoms with E-state index < -0.39 is 5.97 Å². The van der Waals surface area contributed by atoms with Gasteiger partial charge >= 0.3 is 5.97 Å². The summed E-state index contributed by atoms with van der Waals surface area (Å²) in [6, 6.07) is 24.4. The Labute approximate surface area is 146 Å². The zero-order chi connectivity index (χ0) is 18.1. The lowest BCUT2D eigenvalue weighted by Crippen LogP contribution is -1.96. The normalized spacial score (nSPS) is 9.84. The second-order valence-electron chi connectivity index (χ2n) is 5.38. The van der Waals surface area contributed by atoms with Crippen molar-refractivity contribution in [3.05, 3.63) is 95.6 Å². The fourth-order valence-electron chi connectivity index (χ4n) is 2.24. The summed E-state index contributed by atoms with van der Waals surface area (Å²) in [6.45, 7) is -0.0177. The Bertz CT molecular complexity index is 796. The van der Waals surface area contributed by atoms with Crippen LogP contribution in [0.15, 0.2) is 78.9 Å². The van der Waals surface area contributed by atoms with E-state index in [4.69, 9.17) is 15.3 Å². The molecule has 0 fully saturated rings. The highest BCUT2D eigenvalue weighted by Crippen LogP contribution is 2.18. The minimum Gasteiger partial charge on any atom is -0.478 e. The van der Waals surface area contributed by atoms with Crippen LogP contribution in [0.5, 0.6) is 0 Å². The van der Waals surface area contributed by atoms with E-state index in [1.54, 1.807) is 12.1 Å². The molecule has 128 valence electrons. The molecule has 3 aromatic carbocycles. The quantitative estimate of drug-likeness (QED) is 0.678. The van der Waals surface area contributed by atoms with Crippen molar-refractivity contribution in [3.8, 4) is 11.1 Å². The van der Waals surface area contributed by atoms with Gasteiger partial charge in [-0.2, -0.15) is 0 Å². The Kier molecular flexibility index (Phi) is 6.89. The van der Waals surface area contributed by atoms with E-state index in [-0.39, 0.29) is 18.8 Å². The van der Waals surface area contributed by atoms with E-state index in [0.717, 1.165) is 5.56 Å². The zero-order valence-electron chi connectivity index (χ0n) is 13.7. The van der Waals surface area contributed by atoms with Gasteiger partial charge in [-0.1, -0.05) is 66.7 Å². The SMILES string of the molecule is O=C(O)c1cccc(CO)c1.OCc1ccc(-c2ccccc2)cc1. The monoisotopic (exact) mass is 336 g/mol. The molecule has 0 spiro atoms. The van der Waals surface area contributed by atoms with E-state index in [9.17, 15) is 4.79 Å². The first-order valence-electron chi connectivity index (χ1n) is 7.82. The first kappa shape index (κ1) is 18.4. The Morgan fingerprint density at radius 1 is 0.680 bits per heavy atom. The molecule has 3 aromatic rings. The molecule has 0 aliphatic rings. The van der Waals surface area contributed by atoms with Gasteiger partial charge in [-0.05, 0) is 34.4 Å². The molecule has 4 nitrogen and oxygen atoms in total. The minimum atomic E-state index is -0.972. The molecule has 3 N–H and O–H groups in total. The van der Waals surface area contributed by atoms with Gasteiger partial charge in [0.25, 0.3) is 0 Å². The highest BCUT2D eigenvalue weighted by molar-refractivity contribution is 5.87. The molecule has 0 atom stereocenters. The van der Waals surface area contributed by atoms with E-state index >= 15 is 0 Å². The van der Waals surface area contributed by atoms with Crippen LogP contribution in [-0.2, 0) is 13.2 Å². The summed E-state index contributed by atoms with van der Waals surface area (Å²) in [5, 5.41) is 26.1. The van der Waals surface area contributed by atoms with Gasteiger partial charge in [-0.25, -0.2) is 4.79 Å². The summed E-state index contributed by atoms with van der Waals surface area (Å²) in [6.07, 6.45) is 0. The summed E-state index contributed by atoms with van der Waals surface area (Å²) in [7, 11) is 0. The molecule has 4 heteroatoms. The van der Waals surface area contributed by atoms with Gasteiger partial charge in [-0.3, -0.25) is 0 Å². The van der Waals surface area contributed by atoms with Crippen LogP contribution in [0.3, 0.4) is 0 Å². The standard InChI is InChI=1S/C13H12O.C8H8O3/c14-10-11-6-8-13(9-7-11)12-4-2-1-3-5-12;9-5-6-2-1-3-7(4-6)8(10)11/h1-9,14H,10H2;1-4,9H,5H2,(H,10,11). The molecule has 0 amide bonds. The Morgan fingerprint density at radius 2 is 1.28 bits per heavy atom. The smallest absolute Gasteiger partial charge is 0.335 e. The van der Waals surface area contributed by atoms with Crippen molar-refractivity contribution in [2.75, 3.05) is 0 Å². The van der Waals surface area contributed by atoms with Crippen LogP contribution in [0, 0.1) is 0 Å². The zero-order valence-corrected chi connectivity index (χ0v) is 13.7.